The minimum atomic E-state index is -0.131. The average Bonchev–Trinajstić information content (AvgIpc) is 2.86. The van der Waals surface area contributed by atoms with Crippen LogP contribution in [0.4, 0.5) is 0 Å². The second-order valence-corrected chi connectivity index (χ2v) is 14.6. The van der Waals surface area contributed by atoms with E-state index in [9.17, 15) is 0 Å². The van der Waals surface area contributed by atoms with Crippen LogP contribution in [0.25, 0.3) is 17.7 Å². The maximum Gasteiger partial charge on any atom is 0.0194 e. The molecule has 0 bridgehead atoms. The fourth-order valence-electron chi connectivity index (χ4n) is 9.20. The van der Waals surface area contributed by atoms with Crippen LogP contribution in [0.3, 0.4) is 0 Å². The number of aryl methyl sites for hydroxylation is 1. The van der Waals surface area contributed by atoms with Gasteiger partial charge in [-0.05, 0) is 126 Å². The van der Waals surface area contributed by atoms with Crippen LogP contribution in [0.5, 0.6) is 0 Å². The molecule has 0 amide bonds. The van der Waals surface area contributed by atoms with Crippen molar-refractivity contribution in [3.8, 4) is 0 Å². The number of allylic oxidation sites excluding steroid dienone is 7. The molecule has 0 aromatic heterocycles. The highest BCUT2D eigenvalue weighted by Gasteiger charge is 2.59. The van der Waals surface area contributed by atoms with Crippen LogP contribution < -0.4 is 0 Å². The molecule has 5 rings (SSSR count). The van der Waals surface area contributed by atoms with Gasteiger partial charge in [0.05, 0.1) is 0 Å². The van der Waals surface area contributed by atoms with Crippen LogP contribution in [0, 0.1) is 30.1 Å². The second-order valence-electron chi connectivity index (χ2n) is 14.6. The summed E-state index contributed by atoms with van der Waals surface area (Å²) in [5.74, 6) is 0.445. The largest absolute Gasteiger partial charge is 0.0955 e. The summed E-state index contributed by atoms with van der Waals surface area (Å²) >= 11 is 0. The van der Waals surface area contributed by atoms with Crippen LogP contribution in [0.1, 0.15) is 113 Å². The van der Waals surface area contributed by atoms with Gasteiger partial charge >= 0.3 is 0 Å². The molecule has 214 valence electrons. The Morgan fingerprint density at radius 3 is 2.15 bits per heavy atom. The Morgan fingerprint density at radius 1 is 0.927 bits per heavy atom. The van der Waals surface area contributed by atoms with Gasteiger partial charge in [0.1, 0.15) is 0 Å². The molecular weight excluding hydrogens is 492 g/mol. The Labute approximate surface area is 250 Å². The lowest BCUT2D eigenvalue weighted by atomic mass is 9.41. The molecule has 0 aliphatic heterocycles. The van der Waals surface area contributed by atoms with Crippen molar-refractivity contribution in [2.24, 2.45) is 16.2 Å². The normalized spacial score (nSPS) is 27.9. The van der Waals surface area contributed by atoms with E-state index in [4.69, 9.17) is 13.2 Å². The molecule has 0 saturated heterocycles. The molecule has 0 heterocycles. The first-order valence-electron chi connectivity index (χ1n) is 15.4. The molecular formula is C41H50. The lowest BCUT2D eigenvalue weighted by molar-refractivity contribution is 0.0543. The number of rotatable bonds is 4. The molecule has 0 heteroatoms. The molecule has 0 unspecified atom stereocenters. The minimum absolute atomic E-state index is 0.0407. The van der Waals surface area contributed by atoms with Gasteiger partial charge in [-0.3, -0.25) is 0 Å². The van der Waals surface area contributed by atoms with E-state index in [0.29, 0.717) is 5.92 Å². The summed E-state index contributed by atoms with van der Waals surface area (Å²) in [6, 6.07) is 11.2. The number of hydrogen-bond acceptors (Lipinski definition) is 0. The molecule has 0 nitrogen and oxygen atoms in total. The molecule has 0 N–H and O–H groups in total. The highest BCUT2D eigenvalue weighted by molar-refractivity contribution is 5.89. The van der Waals surface area contributed by atoms with Crippen molar-refractivity contribution in [1.29, 1.82) is 0 Å². The van der Waals surface area contributed by atoms with Crippen LogP contribution >= 0.6 is 0 Å². The molecule has 0 saturated carbocycles. The lowest BCUT2D eigenvalue weighted by Crippen LogP contribution is -2.52. The Bertz CT molecular complexity index is 1590. The zero-order valence-corrected chi connectivity index (χ0v) is 27.4. The summed E-state index contributed by atoms with van der Waals surface area (Å²) in [6.07, 6.45) is 7.85. The maximum atomic E-state index is 4.91. The van der Waals surface area contributed by atoms with Crippen LogP contribution in [0.15, 0.2) is 83.5 Å². The third-order valence-electron chi connectivity index (χ3n) is 11.2. The van der Waals surface area contributed by atoms with E-state index in [-0.39, 0.29) is 16.2 Å². The van der Waals surface area contributed by atoms with Crippen LogP contribution in [-0.4, -0.2) is 0 Å². The maximum absolute atomic E-state index is 4.91. The van der Waals surface area contributed by atoms with Crippen molar-refractivity contribution in [1.82, 2.24) is 0 Å². The van der Waals surface area contributed by atoms with Gasteiger partial charge in [0.25, 0.3) is 0 Å². The summed E-state index contributed by atoms with van der Waals surface area (Å²) in [4.78, 5) is 0. The third-order valence-corrected chi connectivity index (χ3v) is 11.2. The highest BCUT2D eigenvalue weighted by atomic mass is 14.6. The van der Waals surface area contributed by atoms with Gasteiger partial charge in [-0.2, -0.15) is 0 Å². The molecule has 41 heavy (non-hydrogen) atoms. The van der Waals surface area contributed by atoms with E-state index in [2.05, 4.69) is 118 Å². The van der Waals surface area contributed by atoms with Gasteiger partial charge in [0.15, 0.2) is 0 Å². The summed E-state index contributed by atoms with van der Waals surface area (Å²) in [5, 5.41) is 0. The van der Waals surface area contributed by atoms with Crippen molar-refractivity contribution in [2.45, 2.75) is 94.4 Å². The molecule has 2 aromatic carbocycles. The quantitative estimate of drug-likeness (QED) is 0.337. The second kappa shape index (κ2) is 9.72. The first-order chi connectivity index (χ1) is 19.1. The summed E-state index contributed by atoms with van der Waals surface area (Å²) in [5.41, 5.74) is 18.8. The number of fused-ring (bicyclic) bond motifs is 3. The Balaban J connectivity index is 1.72. The zero-order valence-electron chi connectivity index (χ0n) is 27.4. The van der Waals surface area contributed by atoms with E-state index in [1.54, 1.807) is 0 Å². The van der Waals surface area contributed by atoms with Crippen LogP contribution in [0.2, 0.25) is 0 Å². The van der Waals surface area contributed by atoms with E-state index in [1.807, 2.05) is 0 Å². The fourth-order valence-corrected chi connectivity index (χ4v) is 9.20. The monoisotopic (exact) mass is 542 g/mol. The van der Waals surface area contributed by atoms with Gasteiger partial charge in [0.2, 0.25) is 0 Å². The SMILES string of the molecule is C=C(C)C1=C(C)C[C@@]2(C)C[C@@]3(C)Cc4c(C(C)C)cc(/C=C/c5ccc(C)cc5)c(C)c4C(=C)C3=C(C)[C@@]2(C)C1=C. The first kappa shape index (κ1) is 29.4. The molecule has 0 spiro atoms. The summed E-state index contributed by atoms with van der Waals surface area (Å²) in [7, 11) is 0. The van der Waals surface area contributed by atoms with Crippen LogP contribution in [-0.2, 0) is 6.42 Å². The van der Waals surface area contributed by atoms with Gasteiger partial charge in [-0.25, -0.2) is 0 Å². The van der Waals surface area contributed by atoms with Crippen molar-refractivity contribution in [3.05, 3.63) is 122 Å². The van der Waals surface area contributed by atoms with E-state index >= 15 is 0 Å². The lowest BCUT2D eigenvalue weighted by Gasteiger charge is -2.62. The summed E-state index contributed by atoms with van der Waals surface area (Å²) in [6.45, 7) is 37.5. The van der Waals surface area contributed by atoms with Crippen molar-refractivity contribution < 1.29 is 0 Å². The van der Waals surface area contributed by atoms with Crippen molar-refractivity contribution in [3.63, 3.8) is 0 Å². The topological polar surface area (TPSA) is 0 Å². The van der Waals surface area contributed by atoms with E-state index in [0.717, 1.165) is 24.8 Å². The third kappa shape index (κ3) is 4.24. The number of benzene rings is 2. The molecule has 3 aliphatic carbocycles. The predicted octanol–water partition coefficient (Wildman–Crippen LogP) is 11.8. The smallest absolute Gasteiger partial charge is 0.0194 e. The first-order valence-corrected chi connectivity index (χ1v) is 15.4. The van der Waals surface area contributed by atoms with E-state index < -0.39 is 0 Å². The molecule has 2 aromatic rings. The van der Waals surface area contributed by atoms with Gasteiger partial charge in [0, 0.05) is 5.41 Å². The van der Waals surface area contributed by atoms with Crippen molar-refractivity contribution in [2.75, 3.05) is 0 Å². The van der Waals surface area contributed by atoms with Gasteiger partial charge in [-0.1, -0.05) is 119 Å². The highest BCUT2D eigenvalue weighted by Crippen LogP contribution is 2.70. The molecule has 3 atom stereocenters. The zero-order chi connectivity index (χ0) is 30.2. The van der Waals surface area contributed by atoms with E-state index in [1.165, 1.54) is 72.4 Å². The standard InChI is InChI=1S/C41H50/c1-24(2)34-20-33(19-18-32-16-14-26(5)15-17-32)28(7)37-29(8)38-31(10)41(13)30(9)36(25(3)4)27(6)21-40(41,12)23-39(38,11)22-35(34)37/h14-20,24H,3,8-9,21-23H2,1-2,4-7,10-13H3/b19-18+/t39-,40+,41-/m1/s1. The Hall–Kier alpha value is -3.12. The average molecular weight is 543 g/mol. The summed E-state index contributed by atoms with van der Waals surface area (Å²) < 4.78 is 0. The Morgan fingerprint density at radius 2 is 1.56 bits per heavy atom. The minimum Gasteiger partial charge on any atom is -0.0955 e. The molecule has 0 radical (unpaired) electrons. The molecule has 3 aliphatic rings. The Kier molecular flexibility index (Phi) is 6.97. The van der Waals surface area contributed by atoms with Gasteiger partial charge < -0.3 is 0 Å². The van der Waals surface area contributed by atoms with Gasteiger partial charge in [-0.15, -0.1) is 0 Å². The van der Waals surface area contributed by atoms with Crippen molar-refractivity contribution >= 4 is 17.7 Å². The fraction of sp³-hybridized carbons (Fsp3) is 0.415. The predicted molar refractivity (Wildman–Crippen MR) is 181 cm³/mol. The number of hydrogen-bond donors (Lipinski definition) is 0. The molecule has 0 fully saturated rings.